The minimum absolute atomic E-state index is 0.0439. The lowest BCUT2D eigenvalue weighted by Crippen LogP contribution is -2.38. The average Bonchev–Trinajstić information content (AvgIpc) is 2.74. The van der Waals surface area contributed by atoms with E-state index in [1.165, 1.54) is 11.8 Å². The summed E-state index contributed by atoms with van der Waals surface area (Å²) < 4.78 is 5.13. The first-order valence-corrected chi connectivity index (χ1v) is 8.38. The fraction of sp³-hybridized carbons (Fsp3) is 0.471. The van der Waals surface area contributed by atoms with Gasteiger partial charge in [-0.15, -0.1) is 0 Å². The molecule has 0 radical (unpaired) electrons. The Morgan fingerprint density at radius 2 is 2.04 bits per heavy atom. The topological polar surface area (TPSA) is 75.7 Å². The molecule has 1 atom stereocenters. The number of benzene rings is 1. The summed E-state index contributed by atoms with van der Waals surface area (Å²) in [6, 6.07) is 6.80. The molecule has 0 spiro atoms. The van der Waals surface area contributed by atoms with Gasteiger partial charge in [0.2, 0.25) is 5.91 Å². The van der Waals surface area contributed by atoms with E-state index in [-0.39, 0.29) is 12.5 Å². The van der Waals surface area contributed by atoms with Gasteiger partial charge in [0.1, 0.15) is 6.54 Å². The Morgan fingerprint density at radius 1 is 1.29 bits per heavy atom. The molecule has 0 bridgehead atoms. The van der Waals surface area contributed by atoms with Crippen LogP contribution in [0, 0.1) is 0 Å². The van der Waals surface area contributed by atoms with Crippen LogP contribution in [0.25, 0.3) is 0 Å². The number of anilines is 1. The van der Waals surface area contributed by atoms with Crippen molar-refractivity contribution >= 4 is 35.1 Å². The van der Waals surface area contributed by atoms with Crippen molar-refractivity contribution < 1.29 is 19.1 Å². The van der Waals surface area contributed by atoms with Crippen LogP contribution in [-0.2, 0) is 19.1 Å². The SMILES string of the molecule is C[C@H](OC(=O)CN1CCCCCC1=O)C(=O)Nc1ccccc1Cl. The predicted octanol–water partition coefficient (Wildman–Crippen LogP) is 2.61. The second-order valence-electron chi connectivity index (χ2n) is 5.73. The van der Waals surface area contributed by atoms with E-state index in [1.807, 2.05) is 0 Å². The van der Waals surface area contributed by atoms with Crippen molar-refractivity contribution in [3.63, 3.8) is 0 Å². The molecule has 1 aromatic rings. The number of amides is 2. The molecule has 2 rings (SSSR count). The van der Waals surface area contributed by atoms with Gasteiger partial charge in [0.15, 0.2) is 6.10 Å². The molecule has 7 heteroatoms. The summed E-state index contributed by atoms with van der Waals surface area (Å²) in [6.07, 6.45) is 2.18. The van der Waals surface area contributed by atoms with Gasteiger partial charge in [-0.2, -0.15) is 0 Å². The number of hydrogen-bond donors (Lipinski definition) is 1. The third-order valence-corrected chi connectivity index (χ3v) is 4.13. The van der Waals surface area contributed by atoms with E-state index in [2.05, 4.69) is 5.32 Å². The number of nitrogens with zero attached hydrogens (tertiary/aromatic N) is 1. The van der Waals surface area contributed by atoms with E-state index < -0.39 is 18.0 Å². The van der Waals surface area contributed by atoms with E-state index in [4.69, 9.17) is 16.3 Å². The van der Waals surface area contributed by atoms with Gasteiger partial charge in [0.25, 0.3) is 5.91 Å². The number of nitrogens with one attached hydrogen (secondary N) is 1. The highest BCUT2D eigenvalue weighted by Gasteiger charge is 2.23. The number of para-hydroxylation sites is 1. The number of halogens is 1. The van der Waals surface area contributed by atoms with Crippen molar-refractivity contribution in [3.05, 3.63) is 29.3 Å². The zero-order valence-electron chi connectivity index (χ0n) is 13.6. The Labute approximate surface area is 146 Å². The molecule has 1 saturated heterocycles. The largest absolute Gasteiger partial charge is 0.451 e. The van der Waals surface area contributed by atoms with Crippen molar-refractivity contribution in [2.75, 3.05) is 18.4 Å². The fourth-order valence-corrected chi connectivity index (χ4v) is 2.63. The molecule has 0 aliphatic carbocycles. The first kappa shape index (κ1) is 18.3. The summed E-state index contributed by atoms with van der Waals surface area (Å²) in [6.45, 7) is 1.91. The molecule has 1 aliphatic rings. The summed E-state index contributed by atoms with van der Waals surface area (Å²) in [5.41, 5.74) is 0.453. The number of likely N-dealkylation sites (tertiary alicyclic amines) is 1. The van der Waals surface area contributed by atoms with Gasteiger partial charge in [0, 0.05) is 13.0 Å². The van der Waals surface area contributed by atoms with Crippen LogP contribution in [0.2, 0.25) is 5.02 Å². The van der Waals surface area contributed by atoms with Gasteiger partial charge in [0.05, 0.1) is 10.7 Å². The summed E-state index contributed by atoms with van der Waals surface area (Å²) in [5, 5.41) is 3.01. The molecule has 1 aliphatic heterocycles. The molecule has 130 valence electrons. The maximum absolute atomic E-state index is 12.1. The molecule has 24 heavy (non-hydrogen) atoms. The first-order valence-electron chi connectivity index (χ1n) is 8.00. The number of esters is 1. The number of rotatable bonds is 5. The van der Waals surface area contributed by atoms with Gasteiger partial charge in [-0.05, 0) is 31.9 Å². The van der Waals surface area contributed by atoms with Gasteiger partial charge in [-0.1, -0.05) is 30.2 Å². The van der Waals surface area contributed by atoms with Crippen molar-refractivity contribution in [3.8, 4) is 0 Å². The van der Waals surface area contributed by atoms with Crippen molar-refractivity contribution in [1.82, 2.24) is 4.90 Å². The molecule has 1 heterocycles. The highest BCUT2D eigenvalue weighted by atomic mass is 35.5. The summed E-state index contributed by atoms with van der Waals surface area (Å²) >= 11 is 5.97. The average molecular weight is 353 g/mol. The lowest BCUT2D eigenvalue weighted by atomic mass is 10.2. The van der Waals surface area contributed by atoms with E-state index in [0.717, 1.165) is 19.3 Å². The minimum Gasteiger partial charge on any atom is -0.451 e. The normalized spacial score (nSPS) is 16.2. The van der Waals surface area contributed by atoms with Gasteiger partial charge in [-0.25, -0.2) is 0 Å². The second kappa shape index (κ2) is 8.68. The standard InChI is InChI=1S/C17H21ClN2O4/c1-12(17(23)19-14-8-5-4-7-13(14)18)24-16(22)11-20-10-6-2-3-9-15(20)21/h4-5,7-8,12H,2-3,6,9-11H2,1H3,(H,19,23)/t12-/m0/s1. The number of carbonyl (C=O) groups excluding carboxylic acids is 3. The quantitative estimate of drug-likeness (QED) is 0.826. The Kier molecular flexibility index (Phi) is 6.61. The van der Waals surface area contributed by atoms with E-state index in [9.17, 15) is 14.4 Å². The van der Waals surface area contributed by atoms with Crippen molar-refractivity contribution in [1.29, 1.82) is 0 Å². The predicted molar refractivity (Wildman–Crippen MR) is 90.7 cm³/mol. The van der Waals surface area contributed by atoms with Gasteiger partial charge in [-0.3, -0.25) is 14.4 Å². The molecule has 0 unspecified atom stereocenters. The van der Waals surface area contributed by atoms with Gasteiger partial charge < -0.3 is 15.0 Å². The van der Waals surface area contributed by atoms with Crippen LogP contribution < -0.4 is 5.32 Å². The monoisotopic (exact) mass is 352 g/mol. The fourth-order valence-electron chi connectivity index (χ4n) is 2.45. The van der Waals surface area contributed by atoms with Crippen LogP contribution in [0.5, 0.6) is 0 Å². The third kappa shape index (κ3) is 5.23. The molecule has 2 amide bonds. The third-order valence-electron chi connectivity index (χ3n) is 3.80. The van der Waals surface area contributed by atoms with Crippen LogP contribution in [-0.4, -0.2) is 41.9 Å². The zero-order valence-corrected chi connectivity index (χ0v) is 14.3. The first-order chi connectivity index (χ1) is 11.5. The second-order valence-corrected chi connectivity index (χ2v) is 6.13. The number of ether oxygens (including phenoxy) is 1. The minimum atomic E-state index is -0.976. The smallest absolute Gasteiger partial charge is 0.326 e. The van der Waals surface area contributed by atoms with Crippen LogP contribution in [0.4, 0.5) is 5.69 Å². The Balaban J connectivity index is 1.85. The lowest BCUT2D eigenvalue weighted by molar-refractivity contribution is -0.156. The molecule has 1 N–H and O–H groups in total. The van der Waals surface area contributed by atoms with Crippen LogP contribution in [0.15, 0.2) is 24.3 Å². The molecule has 1 aromatic carbocycles. The van der Waals surface area contributed by atoms with E-state index >= 15 is 0 Å². The lowest BCUT2D eigenvalue weighted by Gasteiger charge is -2.21. The molecule has 1 fully saturated rings. The maximum Gasteiger partial charge on any atom is 0.326 e. The van der Waals surface area contributed by atoms with Crippen LogP contribution in [0.3, 0.4) is 0 Å². The van der Waals surface area contributed by atoms with Crippen LogP contribution >= 0.6 is 11.6 Å². The van der Waals surface area contributed by atoms with Crippen molar-refractivity contribution in [2.45, 2.75) is 38.7 Å². The summed E-state index contributed by atoms with van der Waals surface area (Å²) in [4.78, 5) is 37.4. The van der Waals surface area contributed by atoms with E-state index in [0.29, 0.717) is 23.7 Å². The summed E-state index contributed by atoms with van der Waals surface area (Å²) in [5.74, 6) is -1.11. The molecule has 0 saturated carbocycles. The molecular formula is C17H21ClN2O4. The van der Waals surface area contributed by atoms with Gasteiger partial charge >= 0.3 is 5.97 Å². The van der Waals surface area contributed by atoms with Crippen molar-refractivity contribution in [2.24, 2.45) is 0 Å². The molecular weight excluding hydrogens is 332 g/mol. The number of carbonyl (C=O) groups is 3. The zero-order chi connectivity index (χ0) is 17.5. The number of hydrogen-bond acceptors (Lipinski definition) is 4. The highest BCUT2D eigenvalue weighted by molar-refractivity contribution is 6.33. The Hall–Kier alpha value is -2.08. The maximum atomic E-state index is 12.1. The Bertz CT molecular complexity index is 620. The Morgan fingerprint density at radius 3 is 2.79 bits per heavy atom. The van der Waals surface area contributed by atoms with Crippen LogP contribution in [0.1, 0.15) is 32.6 Å². The summed E-state index contributed by atoms with van der Waals surface area (Å²) in [7, 11) is 0. The highest BCUT2D eigenvalue weighted by Crippen LogP contribution is 2.20. The molecule has 0 aromatic heterocycles. The van der Waals surface area contributed by atoms with E-state index in [1.54, 1.807) is 24.3 Å². The molecule has 6 nitrogen and oxygen atoms in total.